The molecule has 0 saturated carbocycles. The number of hydrogen-bond acceptors (Lipinski definition) is 4. The fraction of sp³-hybridized carbons (Fsp3) is 0.200. The van der Waals surface area contributed by atoms with Crippen molar-refractivity contribution in [1.29, 1.82) is 0 Å². The van der Waals surface area contributed by atoms with E-state index >= 15 is 0 Å². The Morgan fingerprint density at radius 2 is 1.77 bits per heavy atom. The molecule has 1 aliphatic rings. The third-order valence-electron chi connectivity index (χ3n) is 4.44. The van der Waals surface area contributed by atoms with Crippen molar-refractivity contribution < 1.29 is 8.91 Å². The lowest BCUT2D eigenvalue weighted by Gasteiger charge is -2.24. The summed E-state index contributed by atoms with van der Waals surface area (Å²) in [5, 5.41) is 4.72. The van der Waals surface area contributed by atoms with E-state index in [4.69, 9.17) is 16.1 Å². The number of halogens is 2. The maximum Gasteiger partial charge on any atom is 0.241 e. The van der Waals surface area contributed by atoms with E-state index in [1.54, 1.807) is 12.1 Å². The van der Waals surface area contributed by atoms with Gasteiger partial charge in [0.15, 0.2) is 0 Å². The van der Waals surface area contributed by atoms with Crippen LogP contribution in [0.4, 0.5) is 4.39 Å². The first-order valence-electron chi connectivity index (χ1n) is 8.43. The minimum atomic E-state index is -0.209. The maximum absolute atomic E-state index is 13.0. The van der Waals surface area contributed by atoms with E-state index in [1.807, 2.05) is 24.3 Å². The first kappa shape index (κ1) is 16.9. The summed E-state index contributed by atoms with van der Waals surface area (Å²) >= 11 is 5.90. The molecule has 2 heterocycles. The van der Waals surface area contributed by atoms with Crippen molar-refractivity contribution >= 4 is 17.2 Å². The van der Waals surface area contributed by atoms with Crippen molar-refractivity contribution in [2.24, 2.45) is 0 Å². The predicted molar refractivity (Wildman–Crippen MR) is 99.0 cm³/mol. The van der Waals surface area contributed by atoms with Crippen LogP contribution in [-0.4, -0.2) is 28.1 Å². The van der Waals surface area contributed by atoms with E-state index in [1.165, 1.54) is 17.7 Å². The van der Waals surface area contributed by atoms with Crippen LogP contribution in [0.3, 0.4) is 0 Å². The van der Waals surface area contributed by atoms with Gasteiger partial charge in [0.2, 0.25) is 11.7 Å². The molecule has 0 radical (unpaired) electrons. The van der Waals surface area contributed by atoms with Crippen molar-refractivity contribution in [2.75, 3.05) is 13.1 Å². The molecule has 3 aromatic rings. The van der Waals surface area contributed by atoms with Gasteiger partial charge < -0.3 is 4.52 Å². The zero-order valence-corrected chi connectivity index (χ0v) is 14.8. The Morgan fingerprint density at radius 1 is 1.04 bits per heavy atom. The van der Waals surface area contributed by atoms with Gasteiger partial charge in [-0.2, -0.15) is 4.98 Å². The van der Waals surface area contributed by atoms with Crippen molar-refractivity contribution in [2.45, 2.75) is 13.0 Å². The molecule has 4 nitrogen and oxygen atoms in total. The molecule has 132 valence electrons. The van der Waals surface area contributed by atoms with Gasteiger partial charge in [0.1, 0.15) is 5.82 Å². The van der Waals surface area contributed by atoms with Gasteiger partial charge in [-0.3, -0.25) is 4.90 Å². The number of aromatic nitrogens is 2. The highest BCUT2D eigenvalue weighted by Crippen LogP contribution is 2.24. The second-order valence-corrected chi connectivity index (χ2v) is 6.68. The monoisotopic (exact) mass is 369 g/mol. The van der Waals surface area contributed by atoms with Gasteiger partial charge in [-0.1, -0.05) is 35.0 Å². The number of nitrogens with zero attached hydrogens (tertiary/aromatic N) is 3. The highest BCUT2D eigenvalue weighted by atomic mass is 35.5. The molecule has 0 bridgehead atoms. The molecule has 0 unspecified atom stereocenters. The zero-order valence-electron chi connectivity index (χ0n) is 14.0. The lowest BCUT2D eigenvalue weighted by atomic mass is 9.99. The molecule has 26 heavy (non-hydrogen) atoms. The van der Waals surface area contributed by atoms with Crippen LogP contribution in [-0.2, 0) is 6.54 Å². The van der Waals surface area contributed by atoms with Gasteiger partial charge in [-0.25, -0.2) is 4.39 Å². The quantitative estimate of drug-likeness (QED) is 0.661. The summed E-state index contributed by atoms with van der Waals surface area (Å²) in [5.74, 6) is 0.949. The van der Waals surface area contributed by atoms with Crippen LogP contribution >= 0.6 is 11.6 Å². The minimum absolute atomic E-state index is 0.209. The van der Waals surface area contributed by atoms with Crippen LogP contribution in [0.25, 0.3) is 17.0 Å². The Labute approximate surface area is 155 Å². The van der Waals surface area contributed by atoms with E-state index in [2.05, 4.69) is 21.1 Å². The molecule has 0 spiro atoms. The number of hydrogen-bond donors (Lipinski definition) is 0. The third kappa shape index (κ3) is 3.84. The molecule has 0 fully saturated rings. The van der Waals surface area contributed by atoms with Crippen molar-refractivity contribution in [3.8, 4) is 11.4 Å². The van der Waals surface area contributed by atoms with E-state index < -0.39 is 0 Å². The summed E-state index contributed by atoms with van der Waals surface area (Å²) < 4.78 is 18.4. The van der Waals surface area contributed by atoms with E-state index in [-0.39, 0.29) is 5.82 Å². The van der Waals surface area contributed by atoms with E-state index in [0.29, 0.717) is 23.3 Å². The van der Waals surface area contributed by atoms with Crippen LogP contribution in [0.2, 0.25) is 5.02 Å². The topological polar surface area (TPSA) is 42.2 Å². The molecule has 2 aromatic carbocycles. The SMILES string of the molecule is Fc1ccc(C2=CCN(Cc3nc(-c4ccc(Cl)cc4)no3)CC2)cc1. The molecule has 0 atom stereocenters. The standard InChI is InChI=1S/C20H17ClFN3O/c21-17-5-1-16(2-6-17)20-23-19(26-24-20)13-25-11-9-15(10-12-25)14-3-7-18(22)8-4-14/h1-9H,10-13H2. The molecule has 1 aliphatic heterocycles. The Balaban J connectivity index is 1.40. The van der Waals surface area contributed by atoms with Crippen LogP contribution in [0, 0.1) is 5.82 Å². The molecular weight excluding hydrogens is 353 g/mol. The lowest BCUT2D eigenvalue weighted by Crippen LogP contribution is -2.28. The summed E-state index contributed by atoms with van der Waals surface area (Å²) in [6.45, 7) is 2.29. The molecule has 4 rings (SSSR count). The fourth-order valence-corrected chi connectivity index (χ4v) is 3.13. The smallest absolute Gasteiger partial charge is 0.241 e. The highest BCUT2D eigenvalue weighted by molar-refractivity contribution is 6.30. The predicted octanol–water partition coefficient (Wildman–Crippen LogP) is 4.82. The molecular formula is C20H17ClFN3O. The largest absolute Gasteiger partial charge is 0.338 e. The lowest BCUT2D eigenvalue weighted by molar-refractivity contribution is 0.245. The summed E-state index contributed by atoms with van der Waals surface area (Å²) in [4.78, 5) is 6.71. The van der Waals surface area contributed by atoms with Gasteiger partial charge >= 0.3 is 0 Å². The average Bonchev–Trinajstić information content (AvgIpc) is 3.12. The van der Waals surface area contributed by atoms with Crippen molar-refractivity contribution in [3.63, 3.8) is 0 Å². The van der Waals surface area contributed by atoms with Gasteiger partial charge in [0.25, 0.3) is 0 Å². The Bertz CT molecular complexity index is 919. The highest BCUT2D eigenvalue weighted by Gasteiger charge is 2.17. The van der Waals surface area contributed by atoms with Gasteiger partial charge in [-0.05, 0) is 54.0 Å². The van der Waals surface area contributed by atoms with Crippen LogP contribution in [0.5, 0.6) is 0 Å². The summed E-state index contributed by atoms with van der Waals surface area (Å²) in [5.41, 5.74) is 3.20. The van der Waals surface area contributed by atoms with E-state index in [0.717, 1.165) is 30.6 Å². The minimum Gasteiger partial charge on any atom is -0.338 e. The van der Waals surface area contributed by atoms with Gasteiger partial charge in [0, 0.05) is 23.7 Å². The maximum atomic E-state index is 13.0. The van der Waals surface area contributed by atoms with Crippen molar-refractivity contribution in [3.05, 3.63) is 76.9 Å². The zero-order chi connectivity index (χ0) is 17.9. The second-order valence-electron chi connectivity index (χ2n) is 6.24. The molecule has 0 aliphatic carbocycles. The van der Waals surface area contributed by atoms with Gasteiger partial charge in [-0.15, -0.1) is 0 Å². The first-order valence-corrected chi connectivity index (χ1v) is 8.81. The number of benzene rings is 2. The molecule has 6 heteroatoms. The van der Waals surface area contributed by atoms with Crippen LogP contribution in [0.15, 0.2) is 59.1 Å². The molecule has 0 saturated heterocycles. The number of rotatable bonds is 4. The summed E-state index contributed by atoms with van der Waals surface area (Å²) in [6.07, 6.45) is 3.08. The fourth-order valence-electron chi connectivity index (χ4n) is 3.01. The Morgan fingerprint density at radius 3 is 2.46 bits per heavy atom. The molecule has 0 amide bonds. The first-order chi connectivity index (χ1) is 12.7. The van der Waals surface area contributed by atoms with Crippen LogP contribution in [0.1, 0.15) is 17.9 Å². The van der Waals surface area contributed by atoms with Crippen molar-refractivity contribution in [1.82, 2.24) is 15.0 Å². The molecule has 0 N–H and O–H groups in total. The van der Waals surface area contributed by atoms with Gasteiger partial charge in [0.05, 0.1) is 6.54 Å². The Hall–Kier alpha value is -2.50. The van der Waals surface area contributed by atoms with Crippen LogP contribution < -0.4 is 0 Å². The average molecular weight is 370 g/mol. The summed E-state index contributed by atoms with van der Waals surface area (Å²) in [7, 11) is 0. The van der Waals surface area contributed by atoms with E-state index in [9.17, 15) is 4.39 Å². The second kappa shape index (κ2) is 7.40. The normalized spacial score (nSPS) is 15.1. The molecule has 1 aromatic heterocycles. The summed E-state index contributed by atoms with van der Waals surface area (Å²) in [6, 6.07) is 14.0. The Kier molecular flexibility index (Phi) is 4.82. The third-order valence-corrected chi connectivity index (χ3v) is 4.69.